The molecule has 3 rings (SSSR count). The Balaban J connectivity index is 1.97. The van der Waals surface area contributed by atoms with E-state index in [1.54, 1.807) is 0 Å². The van der Waals surface area contributed by atoms with Crippen LogP contribution in [0.1, 0.15) is 18.1 Å². The highest BCUT2D eigenvalue weighted by Crippen LogP contribution is 2.41. The van der Waals surface area contributed by atoms with Crippen LogP contribution in [0.25, 0.3) is 0 Å². The first kappa shape index (κ1) is 19.5. The molecule has 0 fully saturated rings. The van der Waals surface area contributed by atoms with Crippen molar-refractivity contribution in [2.24, 2.45) is 5.10 Å². The van der Waals surface area contributed by atoms with Crippen LogP contribution in [-0.2, 0) is 14.9 Å². The van der Waals surface area contributed by atoms with E-state index in [0.717, 1.165) is 6.26 Å². The Labute approximate surface area is 158 Å². The maximum Gasteiger partial charge on any atom is 0.586 e. The number of rotatable bonds is 5. The number of halogens is 2. The van der Waals surface area contributed by atoms with Crippen molar-refractivity contribution in [1.29, 1.82) is 0 Å². The van der Waals surface area contributed by atoms with E-state index in [2.05, 4.69) is 20.0 Å². The minimum Gasteiger partial charge on any atom is -0.395 e. The quantitative estimate of drug-likeness (QED) is 0.459. The third-order valence-electron chi connectivity index (χ3n) is 3.38. The zero-order valence-electron chi connectivity index (χ0n) is 14.6. The number of hydrogen-bond donors (Lipinski definition) is 1. The molecule has 8 nitrogen and oxygen atoms in total. The minimum atomic E-state index is -3.76. The number of hydrogen-bond acceptors (Lipinski definition) is 7. The topological polar surface area (TPSA) is 103 Å². The van der Waals surface area contributed by atoms with Crippen LogP contribution in [0.4, 0.5) is 8.78 Å². The Morgan fingerprint density at radius 1 is 1.07 bits per heavy atom. The van der Waals surface area contributed by atoms with E-state index in [-0.39, 0.29) is 23.0 Å². The molecule has 0 bridgehead atoms. The van der Waals surface area contributed by atoms with E-state index in [1.807, 2.05) is 0 Å². The third kappa shape index (κ3) is 4.74. The highest BCUT2D eigenvalue weighted by molar-refractivity contribution is 7.86. The molecule has 28 heavy (non-hydrogen) atoms. The molecule has 1 amide bonds. The van der Waals surface area contributed by atoms with Crippen LogP contribution >= 0.6 is 0 Å². The number of hydrazone groups is 1. The van der Waals surface area contributed by atoms with Crippen molar-refractivity contribution in [3.63, 3.8) is 0 Å². The molecule has 1 heterocycles. The van der Waals surface area contributed by atoms with Gasteiger partial charge in [0.05, 0.1) is 12.0 Å². The number of carbonyl (C=O) groups is 1. The summed E-state index contributed by atoms with van der Waals surface area (Å²) in [7, 11) is -3.69. The first-order chi connectivity index (χ1) is 13.0. The molecule has 2 aromatic rings. The molecule has 0 unspecified atom stereocenters. The normalized spacial score (nSPS) is 15.2. The van der Waals surface area contributed by atoms with Crippen molar-refractivity contribution in [3.05, 3.63) is 53.6 Å². The standard InChI is InChI=1S/C17H14F2N2O6S/c1-10(22)20-21-16(11-3-6-13(7-4-11)27-28(2,23)24)12-5-8-14-15(9-12)26-17(18,19)25-14/h3-9H,1-2H3,(H,20,22)/b21-16+. The van der Waals surface area contributed by atoms with Crippen molar-refractivity contribution < 1.29 is 35.6 Å². The molecule has 0 spiro atoms. The van der Waals surface area contributed by atoms with Crippen molar-refractivity contribution in [2.45, 2.75) is 13.2 Å². The second-order valence-electron chi connectivity index (χ2n) is 5.77. The summed E-state index contributed by atoms with van der Waals surface area (Å²) in [6.07, 6.45) is -2.85. The van der Waals surface area contributed by atoms with Gasteiger partial charge in [-0.05, 0) is 42.5 Å². The van der Waals surface area contributed by atoms with E-state index in [4.69, 9.17) is 4.18 Å². The summed E-state index contributed by atoms with van der Waals surface area (Å²) < 4.78 is 62.4. The number of amides is 1. The number of nitrogens with zero attached hydrogens (tertiary/aromatic N) is 1. The Bertz CT molecular complexity index is 1050. The van der Waals surface area contributed by atoms with E-state index in [9.17, 15) is 22.0 Å². The second-order valence-corrected chi connectivity index (χ2v) is 7.34. The Morgan fingerprint density at radius 2 is 1.68 bits per heavy atom. The van der Waals surface area contributed by atoms with Gasteiger partial charge in [0, 0.05) is 18.1 Å². The summed E-state index contributed by atoms with van der Waals surface area (Å²) in [5.41, 5.74) is 3.32. The van der Waals surface area contributed by atoms with Gasteiger partial charge in [-0.25, -0.2) is 5.43 Å². The van der Waals surface area contributed by atoms with Gasteiger partial charge in [-0.1, -0.05) is 0 Å². The van der Waals surface area contributed by atoms with E-state index in [0.29, 0.717) is 11.1 Å². The minimum absolute atomic E-state index is 0.0791. The predicted octanol–water partition coefficient (Wildman–Crippen LogP) is 2.24. The fraction of sp³-hybridized carbons (Fsp3) is 0.176. The van der Waals surface area contributed by atoms with Gasteiger partial charge < -0.3 is 13.7 Å². The monoisotopic (exact) mass is 412 g/mol. The van der Waals surface area contributed by atoms with E-state index >= 15 is 0 Å². The molecule has 1 N–H and O–H groups in total. The van der Waals surface area contributed by atoms with E-state index in [1.165, 1.54) is 49.4 Å². The highest BCUT2D eigenvalue weighted by Gasteiger charge is 2.43. The number of carbonyl (C=O) groups excluding carboxylic acids is 1. The lowest BCUT2D eigenvalue weighted by Crippen LogP contribution is -2.25. The number of fused-ring (bicyclic) bond motifs is 1. The summed E-state index contributed by atoms with van der Waals surface area (Å²) in [4.78, 5) is 11.2. The van der Waals surface area contributed by atoms with Gasteiger partial charge in [-0.2, -0.15) is 13.5 Å². The molecule has 0 atom stereocenters. The molecule has 0 aliphatic carbocycles. The average Bonchev–Trinajstić information content (AvgIpc) is 2.88. The molecule has 0 saturated heterocycles. The summed E-state index contributed by atoms with van der Waals surface area (Å²) >= 11 is 0. The fourth-order valence-electron chi connectivity index (χ4n) is 2.37. The van der Waals surface area contributed by atoms with Gasteiger partial charge in [-0.3, -0.25) is 4.79 Å². The summed E-state index contributed by atoms with van der Waals surface area (Å²) in [5, 5.41) is 4.00. The highest BCUT2D eigenvalue weighted by atomic mass is 32.2. The summed E-state index contributed by atoms with van der Waals surface area (Å²) in [5.74, 6) is -0.683. The first-order valence-electron chi connectivity index (χ1n) is 7.77. The molecule has 2 aromatic carbocycles. The van der Waals surface area contributed by atoms with Gasteiger partial charge in [0.2, 0.25) is 5.91 Å². The molecule has 11 heteroatoms. The van der Waals surface area contributed by atoms with Crippen molar-refractivity contribution in [1.82, 2.24) is 5.43 Å². The molecule has 0 aromatic heterocycles. The molecular formula is C17H14F2N2O6S. The molecule has 0 saturated carbocycles. The van der Waals surface area contributed by atoms with Crippen LogP contribution in [0.5, 0.6) is 17.2 Å². The van der Waals surface area contributed by atoms with Crippen LogP contribution in [0.15, 0.2) is 47.6 Å². The largest absolute Gasteiger partial charge is 0.586 e. The number of benzene rings is 2. The first-order valence-corrected chi connectivity index (χ1v) is 9.58. The molecule has 148 valence electrons. The molecule has 1 aliphatic rings. The van der Waals surface area contributed by atoms with Crippen LogP contribution in [-0.4, -0.2) is 32.6 Å². The maximum absolute atomic E-state index is 13.2. The Morgan fingerprint density at radius 3 is 2.29 bits per heavy atom. The zero-order valence-corrected chi connectivity index (χ0v) is 15.4. The number of nitrogens with one attached hydrogen (secondary N) is 1. The summed E-state index contributed by atoms with van der Waals surface area (Å²) in [6.45, 7) is 1.25. The van der Waals surface area contributed by atoms with E-state index < -0.39 is 22.3 Å². The van der Waals surface area contributed by atoms with Gasteiger partial charge in [-0.15, -0.1) is 8.78 Å². The molecule has 1 aliphatic heterocycles. The smallest absolute Gasteiger partial charge is 0.395 e. The predicted molar refractivity (Wildman–Crippen MR) is 94.0 cm³/mol. The van der Waals surface area contributed by atoms with Gasteiger partial charge >= 0.3 is 16.4 Å². The van der Waals surface area contributed by atoms with Crippen LogP contribution in [0.2, 0.25) is 0 Å². The van der Waals surface area contributed by atoms with Crippen LogP contribution in [0, 0.1) is 0 Å². The zero-order chi connectivity index (χ0) is 20.5. The van der Waals surface area contributed by atoms with Crippen LogP contribution in [0.3, 0.4) is 0 Å². The Kier molecular flexibility index (Phi) is 4.94. The van der Waals surface area contributed by atoms with Crippen molar-refractivity contribution in [3.8, 4) is 17.2 Å². The van der Waals surface area contributed by atoms with Crippen molar-refractivity contribution in [2.75, 3.05) is 6.26 Å². The van der Waals surface area contributed by atoms with Gasteiger partial charge in [0.1, 0.15) is 5.75 Å². The third-order valence-corrected chi connectivity index (χ3v) is 3.87. The van der Waals surface area contributed by atoms with Gasteiger partial charge in [0.15, 0.2) is 11.5 Å². The fourth-order valence-corrected chi connectivity index (χ4v) is 2.83. The Hall–Kier alpha value is -3.21. The SMILES string of the molecule is CC(=O)N/N=C(\c1ccc(OS(C)(=O)=O)cc1)c1ccc2c(c1)OC(F)(F)O2. The van der Waals surface area contributed by atoms with Crippen molar-refractivity contribution >= 4 is 21.7 Å². The molecule has 0 radical (unpaired) electrons. The number of ether oxygens (including phenoxy) is 2. The summed E-state index contributed by atoms with van der Waals surface area (Å²) in [6, 6.07) is 9.82. The molecular weight excluding hydrogens is 398 g/mol. The average molecular weight is 412 g/mol. The van der Waals surface area contributed by atoms with Crippen LogP contribution < -0.4 is 19.1 Å². The number of alkyl halides is 2. The second kappa shape index (κ2) is 7.08. The lowest BCUT2D eigenvalue weighted by molar-refractivity contribution is -0.286. The maximum atomic E-state index is 13.2. The lowest BCUT2D eigenvalue weighted by atomic mass is 10.0. The lowest BCUT2D eigenvalue weighted by Gasteiger charge is -2.09. The van der Waals surface area contributed by atoms with Gasteiger partial charge in [0.25, 0.3) is 0 Å².